The third kappa shape index (κ3) is 3.00. The molecule has 8 heteroatoms. The number of methoxy groups -OCH3 is 4. The highest BCUT2D eigenvalue weighted by Gasteiger charge is 2.26. The Hall–Kier alpha value is -2.74. The van der Waals surface area contributed by atoms with E-state index in [0.29, 0.717) is 28.0 Å². The Morgan fingerprint density at radius 3 is 2.00 bits per heavy atom. The zero-order valence-corrected chi connectivity index (χ0v) is 13.9. The van der Waals surface area contributed by atoms with Crippen molar-refractivity contribution in [2.24, 2.45) is 0 Å². The number of aliphatic hydroxyl groups excluding tert-OH is 1. The van der Waals surface area contributed by atoms with E-state index in [-0.39, 0.29) is 11.3 Å². The number of aliphatic hydroxyl groups is 1. The topological polar surface area (TPSA) is 100 Å². The molecule has 0 spiro atoms. The van der Waals surface area contributed by atoms with E-state index in [1.165, 1.54) is 34.5 Å². The van der Waals surface area contributed by atoms with Gasteiger partial charge in [-0.1, -0.05) is 0 Å². The van der Waals surface area contributed by atoms with Gasteiger partial charge in [0.15, 0.2) is 0 Å². The van der Waals surface area contributed by atoms with Crippen LogP contribution in [0.5, 0.6) is 23.0 Å². The Morgan fingerprint density at radius 2 is 1.54 bits per heavy atom. The molecule has 2 rings (SSSR count). The summed E-state index contributed by atoms with van der Waals surface area (Å²) in [5.74, 6) is 1.65. The number of hydrogen-bond acceptors (Lipinski definition) is 7. The molecule has 24 heavy (non-hydrogen) atoms. The van der Waals surface area contributed by atoms with Gasteiger partial charge in [-0.15, -0.1) is 0 Å². The average molecular weight is 337 g/mol. The summed E-state index contributed by atoms with van der Waals surface area (Å²) in [6, 6.07) is 4.92. The third-order valence-corrected chi connectivity index (χ3v) is 3.70. The van der Waals surface area contributed by atoms with Gasteiger partial charge in [-0.3, -0.25) is 10.1 Å². The molecule has 130 valence electrons. The molecule has 0 radical (unpaired) electrons. The van der Waals surface area contributed by atoms with Crippen molar-refractivity contribution in [1.82, 2.24) is 0 Å². The highest BCUT2D eigenvalue weighted by Crippen LogP contribution is 2.47. The van der Waals surface area contributed by atoms with Crippen LogP contribution in [0.4, 0.5) is 0 Å². The van der Waals surface area contributed by atoms with E-state index in [0.717, 1.165) is 0 Å². The van der Waals surface area contributed by atoms with E-state index in [9.17, 15) is 15.2 Å². The zero-order valence-electron chi connectivity index (χ0n) is 13.9. The molecule has 1 atom stereocenters. The summed E-state index contributed by atoms with van der Waals surface area (Å²) < 4.78 is 21.6. The van der Waals surface area contributed by atoms with Crippen LogP contribution < -0.4 is 18.9 Å². The van der Waals surface area contributed by atoms with Crippen LogP contribution in [0.25, 0.3) is 10.8 Å². The second-order valence-corrected chi connectivity index (χ2v) is 4.95. The van der Waals surface area contributed by atoms with Gasteiger partial charge in [-0.2, -0.15) is 0 Å². The lowest BCUT2D eigenvalue weighted by Gasteiger charge is -2.20. The number of rotatable bonds is 7. The fourth-order valence-electron chi connectivity index (χ4n) is 2.67. The molecule has 0 fully saturated rings. The van der Waals surface area contributed by atoms with Gasteiger partial charge in [-0.25, -0.2) is 0 Å². The van der Waals surface area contributed by atoms with E-state index >= 15 is 0 Å². The van der Waals surface area contributed by atoms with Crippen molar-refractivity contribution in [2.75, 3.05) is 35.0 Å². The van der Waals surface area contributed by atoms with E-state index in [2.05, 4.69) is 0 Å². The number of nitrogens with zero attached hydrogens (tertiary/aromatic N) is 1. The molecule has 0 aromatic heterocycles. The monoisotopic (exact) mass is 337 g/mol. The molecule has 0 amide bonds. The van der Waals surface area contributed by atoms with Gasteiger partial charge in [0.2, 0.25) is 6.54 Å². The molecule has 0 aliphatic carbocycles. The second kappa shape index (κ2) is 7.22. The van der Waals surface area contributed by atoms with Crippen molar-refractivity contribution in [2.45, 2.75) is 6.10 Å². The Kier molecular flexibility index (Phi) is 5.30. The van der Waals surface area contributed by atoms with Crippen molar-refractivity contribution in [1.29, 1.82) is 0 Å². The number of fused-ring (bicyclic) bond motifs is 1. The SMILES string of the molecule is COc1ccc(OC)c2c(OC)c(C(O)C[N+](=O)[O-])cc(OC)c12. The van der Waals surface area contributed by atoms with Crippen molar-refractivity contribution < 1.29 is 29.0 Å². The predicted octanol–water partition coefficient (Wildman–Crippen LogP) is 2.18. The van der Waals surface area contributed by atoms with Crippen molar-refractivity contribution in [3.05, 3.63) is 33.9 Å². The first-order valence-corrected chi connectivity index (χ1v) is 7.07. The molecular formula is C16H19NO7. The van der Waals surface area contributed by atoms with E-state index in [1.807, 2.05) is 0 Å². The van der Waals surface area contributed by atoms with Crippen LogP contribution in [-0.4, -0.2) is 45.0 Å². The minimum Gasteiger partial charge on any atom is -0.496 e. The third-order valence-electron chi connectivity index (χ3n) is 3.70. The van der Waals surface area contributed by atoms with Crippen molar-refractivity contribution in [3.63, 3.8) is 0 Å². The summed E-state index contributed by atoms with van der Waals surface area (Å²) in [7, 11) is 5.89. The summed E-state index contributed by atoms with van der Waals surface area (Å²) in [5.41, 5.74) is 0.241. The van der Waals surface area contributed by atoms with Crippen LogP contribution in [0.15, 0.2) is 18.2 Å². The molecule has 0 aliphatic heterocycles. The van der Waals surface area contributed by atoms with Gasteiger partial charge in [0.25, 0.3) is 0 Å². The van der Waals surface area contributed by atoms with Crippen LogP contribution in [0.3, 0.4) is 0 Å². The summed E-state index contributed by atoms with van der Waals surface area (Å²) in [6.07, 6.45) is -1.36. The van der Waals surface area contributed by atoms with Crippen LogP contribution in [-0.2, 0) is 0 Å². The quantitative estimate of drug-likeness (QED) is 0.610. The molecule has 2 aromatic carbocycles. The van der Waals surface area contributed by atoms with Gasteiger partial charge in [0.1, 0.15) is 29.1 Å². The normalized spacial score (nSPS) is 11.9. The molecule has 0 heterocycles. The lowest BCUT2D eigenvalue weighted by atomic mass is 9.99. The highest BCUT2D eigenvalue weighted by molar-refractivity contribution is 6.03. The lowest BCUT2D eigenvalue weighted by Crippen LogP contribution is -2.13. The minimum absolute atomic E-state index is 0.241. The molecule has 0 aliphatic rings. The van der Waals surface area contributed by atoms with Gasteiger partial charge in [-0.05, 0) is 18.2 Å². The minimum atomic E-state index is -1.36. The summed E-state index contributed by atoms with van der Waals surface area (Å²) >= 11 is 0. The number of ether oxygens (including phenoxy) is 4. The van der Waals surface area contributed by atoms with Crippen LogP contribution >= 0.6 is 0 Å². The first-order valence-electron chi connectivity index (χ1n) is 7.07. The van der Waals surface area contributed by atoms with Gasteiger partial charge in [0, 0.05) is 10.5 Å². The fourth-order valence-corrected chi connectivity index (χ4v) is 2.67. The Balaban J connectivity index is 2.89. The number of benzene rings is 2. The van der Waals surface area contributed by atoms with Crippen LogP contribution in [0, 0.1) is 10.1 Å². The molecule has 0 bridgehead atoms. The summed E-state index contributed by atoms with van der Waals surface area (Å²) in [5, 5.41) is 22.1. The Morgan fingerprint density at radius 1 is 1.00 bits per heavy atom. The van der Waals surface area contributed by atoms with Crippen molar-refractivity contribution >= 4 is 10.8 Å². The van der Waals surface area contributed by atoms with Crippen LogP contribution in [0.2, 0.25) is 0 Å². The Labute approximate surface area is 138 Å². The molecule has 2 aromatic rings. The summed E-state index contributed by atoms with van der Waals surface area (Å²) in [4.78, 5) is 10.2. The van der Waals surface area contributed by atoms with E-state index < -0.39 is 17.6 Å². The van der Waals surface area contributed by atoms with E-state index in [4.69, 9.17) is 18.9 Å². The molecule has 0 saturated carbocycles. The maximum absolute atomic E-state index is 10.8. The van der Waals surface area contributed by atoms with Gasteiger partial charge < -0.3 is 24.1 Å². The average Bonchev–Trinajstić information content (AvgIpc) is 2.58. The number of hydrogen-bond donors (Lipinski definition) is 1. The highest BCUT2D eigenvalue weighted by atomic mass is 16.6. The first kappa shape index (κ1) is 17.6. The van der Waals surface area contributed by atoms with Gasteiger partial charge >= 0.3 is 0 Å². The summed E-state index contributed by atoms with van der Waals surface area (Å²) in [6.45, 7) is -0.655. The predicted molar refractivity (Wildman–Crippen MR) is 87.0 cm³/mol. The van der Waals surface area contributed by atoms with Crippen LogP contribution in [0.1, 0.15) is 11.7 Å². The second-order valence-electron chi connectivity index (χ2n) is 4.95. The largest absolute Gasteiger partial charge is 0.496 e. The smallest absolute Gasteiger partial charge is 0.233 e. The molecule has 1 N–H and O–H groups in total. The molecule has 8 nitrogen and oxygen atoms in total. The first-order chi connectivity index (χ1) is 11.5. The van der Waals surface area contributed by atoms with E-state index in [1.54, 1.807) is 12.1 Å². The maximum atomic E-state index is 10.8. The lowest BCUT2D eigenvalue weighted by molar-refractivity contribution is -0.491. The molecule has 1 unspecified atom stereocenters. The standard InChI is InChI=1S/C16H19NO7/c1-21-11-5-6-12(22-2)15-14(11)13(23-3)7-9(16(15)24-4)10(18)8-17(19)20/h5-7,10,18H,8H2,1-4H3. The van der Waals surface area contributed by atoms with Gasteiger partial charge in [0.05, 0.1) is 39.2 Å². The maximum Gasteiger partial charge on any atom is 0.233 e. The zero-order chi connectivity index (χ0) is 17.9. The number of nitro groups is 1. The van der Waals surface area contributed by atoms with Crippen molar-refractivity contribution in [3.8, 4) is 23.0 Å². The Bertz CT molecular complexity index is 760. The molecular weight excluding hydrogens is 318 g/mol. The molecule has 0 saturated heterocycles. The fraction of sp³-hybridized carbons (Fsp3) is 0.375.